The molecule has 4 N–H and O–H groups in total. The number of aliphatic hydroxyl groups is 3. The fourth-order valence-corrected chi connectivity index (χ4v) is 4.34. The highest BCUT2D eigenvalue weighted by atomic mass is 19.4. The summed E-state index contributed by atoms with van der Waals surface area (Å²) >= 11 is 0. The number of rotatable bonds is 5. The van der Waals surface area contributed by atoms with E-state index in [2.05, 4.69) is 25.3 Å². The predicted molar refractivity (Wildman–Crippen MR) is 111 cm³/mol. The van der Waals surface area contributed by atoms with Crippen LogP contribution < -0.4 is 10.2 Å². The first-order chi connectivity index (χ1) is 16.3. The fraction of sp³-hybridized carbons (Fsp3) is 0.500. The van der Waals surface area contributed by atoms with Crippen molar-refractivity contribution >= 4 is 22.8 Å². The number of ether oxygens (including phenoxy) is 1. The minimum Gasteiger partial charge on any atom is -0.394 e. The van der Waals surface area contributed by atoms with Gasteiger partial charge < -0.3 is 30.3 Å². The number of halogens is 3. The molecule has 0 aromatic carbocycles. The van der Waals surface area contributed by atoms with Gasteiger partial charge in [-0.2, -0.15) is 13.2 Å². The van der Waals surface area contributed by atoms with Crippen molar-refractivity contribution in [3.8, 4) is 0 Å². The number of aromatic nitrogens is 5. The fourth-order valence-electron chi connectivity index (χ4n) is 4.34. The molecule has 0 unspecified atom stereocenters. The lowest BCUT2D eigenvalue weighted by atomic mass is 10.1. The number of anilines is 2. The highest BCUT2D eigenvalue weighted by Crippen LogP contribution is 2.36. The number of nitrogens with zero attached hydrogens (tertiary/aromatic N) is 6. The van der Waals surface area contributed by atoms with Gasteiger partial charge in [0, 0.05) is 12.7 Å². The summed E-state index contributed by atoms with van der Waals surface area (Å²) < 4.78 is 46.2. The van der Waals surface area contributed by atoms with E-state index in [-0.39, 0.29) is 17.5 Å². The average Bonchev–Trinajstić information content (AvgIpc) is 3.55. The van der Waals surface area contributed by atoms with E-state index in [0.29, 0.717) is 30.8 Å². The minimum atomic E-state index is -4.51. The predicted octanol–water partition coefficient (Wildman–Crippen LogP) is 0.352. The van der Waals surface area contributed by atoms with E-state index in [4.69, 9.17) is 4.74 Å². The van der Waals surface area contributed by atoms with Crippen LogP contribution >= 0.6 is 0 Å². The lowest BCUT2D eigenvalue weighted by molar-refractivity contribution is -0.137. The van der Waals surface area contributed by atoms with Crippen molar-refractivity contribution in [2.75, 3.05) is 24.6 Å². The first-order valence-corrected chi connectivity index (χ1v) is 10.6. The molecule has 2 aliphatic heterocycles. The van der Waals surface area contributed by atoms with Gasteiger partial charge >= 0.3 is 6.18 Å². The van der Waals surface area contributed by atoms with E-state index in [1.807, 2.05) is 0 Å². The summed E-state index contributed by atoms with van der Waals surface area (Å²) in [6.07, 6.45) is -5.05. The van der Waals surface area contributed by atoms with E-state index in [1.165, 1.54) is 23.3 Å². The van der Waals surface area contributed by atoms with Crippen molar-refractivity contribution in [1.29, 1.82) is 0 Å². The minimum absolute atomic E-state index is 0.151. The van der Waals surface area contributed by atoms with Crippen LogP contribution in [0.5, 0.6) is 0 Å². The van der Waals surface area contributed by atoms with E-state index < -0.39 is 42.9 Å². The van der Waals surface area contributed by atoms with Crippen molar-refractivity contribution in [2.45, 2.75) is 43.2 Å². The van der Waals surface area contributed by atoms with Crippen LogP contribution in [0.25, 0.3) is 11.2 Å². The summed E-state index contributed by atoms with van der Waals surface area (Å²) in [7, 11) is 0. The van der Waals surface area contributed by atoms with Gasteiger partial charge in [0.25, 0.3) is 0 Å². The van der Waals surface area contributed by atoms with E-state index >= 15 is 0 Å². The maximum absolute atomic E-state index is 13.1. The van der Waals surface area contributed by atoms with Gasteiger partial charge in [-0.3, -0.25) is 4.57 Å². The first kappa shape index (κ1) is 22.9. The van der Waals surface area contributed by atoms with Crippen molar-refractivity contribution in [3.63, 3.8) is 0 Å². The van der Waals surface area contributed by atoms with Gasteiger partial charge in [0.1, 0.15) is 30.5 Å². The molecule has 0 saturated carbocycles. The zero-order valence-electron chi connectivity index (χ0n) is 17.7. The summed E-state index contributed by atoms with van der Waals surface area (Å²) in [4.78, 5) is 18.8. The zero-order valence-corrected chi connectivity index (χ0v) is 17.7. The van der Waals surface area contributed by atoms with Crippen molar-refractivity contribution < 1.29 is 33.2 Å². The Kier molecular flexibility index (Phi) is 5.85. The van der Waals surface area contributed by atoms with Crippen molar-refractivity contribution in [1.82, 2.24) is 29.8 Å². The molecule has 11 nitrogen and oxygen atoms in total. The Labute approximate surface area is 190 Å². The number of nitrogens with one attached hydrogen (secondary N) is 1. The molecule has 2 fully saturated rings. The van der Waals surface area contributed by atoms with E-state index in [0.717, 1.165) is 12.3 Å². The number of fused-ring (bicyclic) bond motifs is 1. The van der Waals surface area contributed by atoms with Gasteiger partial charge in [0.2, 0.25) is 0 Å². The largest absolute Gasteiger partial charge is 0.417 e. The van der Waals surface area contributed by atoms with Gasteiger partial charge in [-0.15, -0.1) is 0 Å². The number of alkyl halides is 3. The molecular formula is C20H22F3N7O4. The molecule has 3 aromatic heterocycles. The third kappa shape index (κ3) is 3.86. The molecule has 0 aliphatic carbocycles. The molecule has 5 atom stereocenters. The van der Waals surface area contributed by atoms with Crippen LogP contribution in [0, 0.1) is 0 Å². The molecule has 3 aromatic rings. The monoisotopic (exact) mass is 481 g/mol. The molecular weight excluding hydrogens is 459 g/mol. The smallest absolute Gasteiger partial charge is 0.394 e. The molecule has 182 valence electrons. The number of aliphatic hydroxyl groups excluding tert-OH is 3. The number of imidazole rings is 1. The molecule has 34 heavy (non-hydrogen) atoms. The number of hydrogen-bond acceptors (Lipinski definition) is 10. The Morgan fingerprint density at radius 3 is 2.59 bits per heavy atom. The van der Waals surface area contributed by atoms with Gasteiger partial charge in [-0.25, -0.2) is 19.9 Å². The lowest BCUT2D eigenvalue weighted by Crippen LogP contribution is -2.34. The van der Waals surface area contributed by atoms with Crippen LogP contribution in [-0.2, 0) is 10.9 Å². The zero-order chi connectivity index (χ0) is 24.0. The Balaban J connectivity index is 1.57. The molecule has 5 rings (SSSR count). The Morgan fingerprint density at radius 1 is 1.15 bits per heavy atom. The molecule has 0 spiro atoms. The van der Waals surface area contributed by atoms with Crippen molar-refractivity contribution in [2.24, 2.45) is 0 Å². The summed E-state index contributed by atoms with van der Waals surface area (Å²) in [6.45, 7) is 0.792. The highest BCUT2D eigenvalue weighted by Gasteiger charge is 2.44. The maximum Gasteiger partial charge on any atom is 0.417 e. The van der Waals surface area contributed by atoms with Crippen LogP contribution in [0.3, 0.4) is 0 Å². The van der Waals surface area contributed by atoms with Crippen LogP contribution in [0.1, 0.15) is 18.2 Å². The van der Waals surface area contributed by atoms with Crippen LogP contribution in [0.2, 0.25) is 0 Å². The second-order valence-corrected chi connectivity index (χ2v) is 8.17. The first-order valence-electron chi connectivity index (χ1n) is 10.6. The molecule has 0 bridgehead atoms. The molecule has 14 heteroatoms. The highest BCUT2D eigenvalue weighted by molar-refractivity contribution is 5.86. The second-order valence-electron chi connectivity index (χ2n) is 8.17. The Morgan fingerprint density at radius 2 is 1.97 bits per heavy atom. The summed E-state index contributed by atoms with van der Waals surface area (Å²) in [5.41, 5.74) is -0.265. The molecule has 0 amide bonds. The van der Waals surface area contributed by atoms with Gasteiger partial charge in [0.05, 0.1) is 24.5 Å². The molecule has 2 saturated heterocycles. The summed E-state index contributed by atoms with van der Waals surface area (Å²) in [6, 6.07) is 2.10. The van der Waals surface area contributed by atoms with Crippen molar-refractivity contribution in [3.05, 3.63) is 36.5 Å². The third-order valence-corrected chi connectivity index (χ3v) is 6.08. The average molecular weight is 481 g/mol. The summed E-state index contributed by atoms with van der Waals surface area (Å²) in [5, 5.41) is 33.1. The third-order valence-electron chi connectivity index (χ3n) is 6.08. The molecule has 5 heterocycles. The standard InChI is InChI=1S/C20H22F3N7O4/c21-20(22,23)10-1-2-13(25-5-10)30(11-3-4-24-6-11)18-14-17(26-8-27-18)29(9-28-14)19-16(33)15(32)12(7-31)34-19/h1-2,5,8-9,11-12,15-16,19,24,31-33H,3-4,6-7H2/t11-,12-,15-,16-,19-/m1/s1. The second kappa shape index (κ2) is 8.70. The van der Waals surface area contributed by atoms with Gasteiger partial charge in [0.15, 0.2) is 23.2 Å². The van der Waals surface area contributed by atoms with Crippen LogP contribution in [-0.4, -0.2) is 83.9 Å². The van der Waals surface area contributed by atoms with Crippen LogP contribution in [0.15, 0.2) is 31.0 Å². The maximum atomic E-state index is 13.1. The van der Waals surface area contributed by atoms with E-state index in [1.54, 1.807) is 4.90 Å². The molecule has 2 aliphatic rings. The Bertz CT molecular complexity index is 1150. The van der Waals surface area contributed by atoms with Crippen LogP contribution in [0.4, 0.5) is 24.8 Å². The van der Waals surface area contributed by atoms with Gasteiger partial charge in [-0.05, 0) is 25.1 Å². The SMILES string of the molecule is OC[C@H]1O[C@@H](n2cnc3c(N(c4ccc(C(F)(F)F)cn4)[C@@H]4CCNC4)ncnc32)[C@H](O)[C@@H]1O. The Hall–Kier alpha value is -2.91. The topological polar surface area (TPSA) is 142 Å². The summed E-state index contributed by atoms with van der Waals surface area (Å²) in [5.74, 6) is 0.598. The number of pyridine rings is 1. The van der Waals surface area contributed by atoms with Gasteiger partial charge in [-0.1, -0.05) is 0 Å². The quantitative estimate of drug-likeness (QED) is 0.403. The number of hydrogen-bond donors (Lipinski definition) is 4. The van der Waals surface area contributed by atoms with E-state index in [9.17, 15) is 28.5 Å². The normalized spacial score (nSPS) is 27.5. The molecule has 0 radical (unpaired) electrons. The lowest BCUT2D eigenvalue weighted by Gasteiger charge is -2.29.